The number of hydrogen-bond acceptors (Lipinski definition) is 3. The van der Waals surface area contributed by atoms with Gasteiger partial charge in [0.15, 0.2) is 0 Å². The first-order valence-electron chi connectivity index (χ1n) is 6.84. The number of carbonyl (C=O) groups is 2. The van der Waals surface area contributed by atoms with Crippen LogP contribution in [0.15, 0.2) is 18.2 Å². The zero-order valence-corrected chi connectivity index (χ0v) is 12.8. The van der Waals surface area contributed by atoms with E-state index in [4.69, 9.17) is 9.84 Å². The Labute approximate surface area is 124 Å². The van der Waals surface area contributed by atoms with Crippen LogP contribution < -0.4 is 15.4 Å². The summed E-state index contributed by atoms with van der Waals surface area (Å²) in [5, 5.41) is 14.3. The molecule has 6 nitrogen and oxygen atoms in total. The Morgan fingerprint density at radius 1 is 1.38 bits per heavy atom. The van der Waals surface area contributed by atoms with Crippen LogP contribution >= 0.6 is 0 Å². The monoisotopic (exact) mass is 294 g/mol. The lowest BCUT2D eigenvalue weighted by atomic mass is 9.99. The van der Waals surface area contributed by atoms with Gasteiger partial charge < -0.3 is 20.5 Å². The number of urea groups is 1. The minimum absolute atomic E-state index is 0.147. The van der Waals surface area contributed by atoms with Gasteiger partial charge in [-0.3, -0.25) is 0 Å². The zero-order chi connectivity index (χ0) is 16.0. The van der Waals surface area contributed by atoms with Crippen molar-refractivity contribution < 1.29 is 19.4 Å². The van der Waals surface area contributed by atoms with Crippen LogP contribution in [0, 0.1) is 12.8 Å². The number of benzene rings is 1. The van der Waals surface area contributed by atoms with Crippen LogP contribution in [0.25, 0.3) is 0 Å². The summed E-state index contributed by atoms with van der Waals surface area (Å²) >= 11 is 0. The second kappa shape index (κ2) is 7.52. The molecule has 0 heterocycles. The van der Waals surface area contributed by atoms with E-state index in [9.17, 15) is 9.59 Å². The molecule has 3 N–H and O–H groups in total. The first-order chi connectivity index (χ1) is 9.88. The quantitative estimate of drug-likeness (QED) is 0.752. The van der Waals surface area contributed by atoms with Crippen molar-refractivity contribution >= 4 is 17.7 Å². The van der Waals surface area contributed by atoms with E-state index in [-0.39, 0.29) is 5.92 Å². The van der Waals surface area contributed by atoms with Gasteiger partial charge in [0.1, 0.15) is 11.8 Å². The molecule has 1 rings (SSSR count). The molecule has 2 amide bonds. The number of aryl methyl sites for hydroxylation is 1. The highest BCUT2D eigenvalue weighted by Crippen LogP contribution is 2.21. The lowest BCUT2D eigenvalue weighted by Gasteiger charge is -2.20. The maximum atomic E-state index is 11.9. The summed E-state index contributed by atoms with van der Waals surface area (Å²) in [7, 11) is 1.58. The topological polar surface area (TPSA) is 87.7 Å². The van der Waals surface area contributed by atoms with Crippen molar-refractivity contribution in [3.05, 3.63) is 23.8 Å². The summed E-state index contributed by atoms with van der Waals surface area (Å²) in [6, 6.07) is 3.76. The van der Waals surface area contributed by atoms with E-state index in [0.29, 0.717) is 12.1 Å². The van der Waals surface area contributed by atoms with Crippen molar-refractivity contribution in [2.45, 2.75) is 33.2 Å². The van der Waals surface area contributed by atoms with E-state index in [0.717, 1.165) is 11.3 Å². The molecule has 21 heavy (non-hydrogen) atoms. The number of carbonyl (C=O) groups excluding carboxylic acids is 1. The summed E-state index contributed by atoms with van der Waals surface area (Å²) in [5.41, 5.74) is 1.46. The molecule has 2 unspecified atom stereocenters. The number of ether oxygens (including phenoxy) is 1. The molecule has 0 aliphatic rings. The number of methoxy groups -OCH3 is 1. The minimum atomic E-state index is -1.04. The standard InChI is InChI=1S/C15H22N2O4/c1-5-9(2)13(14(18)19)17-15(20)16-11-6-7-12(21-4)10(3)8-11/h6-9,13H,5H2,1-4H3,(H,18,19)(H2,16,17,20). The van der Waals surface area contributed by atoms with Crippen LogP contribution in [-0.2, 0) is 4.79 Å². The van der Waals surface area contributed by atoms with Crippen molar-refractivity contribution in [1.82, 2.24) is 5.32 Å². The molecule has 0 aliphatic heterocycles. The summed E-state index contributed by atoms with van der Waals surface area (Å²) in [6.07, 6.45) is 0.666. The SMILES string of the molecule is CCC(C)C(NC(=O)Nc1ccc(OC)c(C)c1)C(=O)O. The number of nitrogens with one attached hydrogen (secondary N) is 2. The van der Waals surface area contributed by atoms with Crippen LogP contribution in [0.1, 0.15) is 25.8 Å². The number of carboxylic acid groups (broad SMARTS) is 1. The Kier molecular flexibility index (Phi) is 6.02. The summed E-state index contributed by atoms with van der Waals surface area (Å²) in [6.45, 7) is 5.53. The van der Waals surface area contributed by atoms with Gasteiger partial charge in [-0.25, -0.2) is 9.59 Å². The fraction of sp³-hybridized carbons (Fsp3) is 0.467. The molecular weight excluding hydrogens is 272 g/mol. The van der Waals surface area contributed by atoms with Gasteiger partial charge in [0, 0.05) is 5.69 Å². The summed E-state index contributed by atoms with van der Waals surface area (Å²) in [4.78, 5) is 23.1. The molecule has 0 saturated heterocycles. The van der Waals surface area contributed by atoms with Gasteiger partial charge in [-0.2, -0.15) is 0 Å². The lowest BCUT2D eigenvalue weighted by Crippen LogP contribution is -2.46. The largest absolute Gasteiger partial charge is 0.496 e. The van der Waals surface area contributed by atoms with Gasteiger partial charge in [0.05, 0.1) is 7.11 Å². The Morgan fingerprint density at radius 2 is 2.05 bits per heavy atom. The molecular formula is C15H22N2O4. The molecule has 1 aromatic carbocycles. The van der Waals surface area contributed by atoms with Gasteiger partial charge in [0.25, 0.3) is 0 Å². The van der Waals surface area contributed by atoms with E-state index in [1.54, 1.807) is 32.2 Å². The predicted molar refractivity (Wildman–Crippen MR) is 80.8 cm³/mol. The van der Waals surface area contributed by atoms with Gasteiger partial charge >= 0.3 is 12.0 Å². The van der Waals surface area contributed by atoms with Gasteiger partial charge in [0.2, 0.25) is 0 Å². The van der Waals surface area contributed by atoms with Crippen molar-refractivity contribution in [2.75, 3.05) is 12.4 Å². The smallest absolute Gasteiger partial charge is 0.326 e. The van der Waals surface area contributed by atoms with Crippen molar-refractivity contribution in [2.24, 2.45) is 5.92 Å². The number of amides is 2. The third kappa shape index (κ3) is 4.66. The molecule has 1 aromatic rings. The Bertz CT molecular complexity index is 516. The highest BCUT2D eigenvalue weighted by molar-refractivity contribution is 5.92. The fourth-order valence-electron chi connectivity index (χ4n) is 1.95. The second-order valence-corrected chi connectivity index (χ2v) is 4.98. The summed E-state index contributed by atoms with van der Waals surface area (Å²) in [5.74, 6) is -0.458. The number of anilines is 1. The Balaban J connectivity index is 2.72. The van der Waals surface area contributed by atoms with E-state index in [2.05, 4.69) is 10.6 Å². The van der Waals surface area contributed by atoms with Crippen LogP contribution in [0.2, 0.25) is 0 Å². The van der Waals surface area contributed by atoms with E-state index >= 15 is 0 Å². The number of hydrogen-bond donors (Lipinski definition) is 3. The lowest BCUT2D eigenvalue weighted by molar-refractivity contribution is -0.140. The third-order valence-electron chi connectivity index (χ3n) is 3.42. The highest BCUT2D eigenvalue weighted by Gasteiger charge is 2.25. The molecule has 2 atom stereocenters. The second-order valence-electron chi connectivity index (χ2n) is 4.98. The van der Waals surface area contributed by atoms with Crippen LogP contribution in [0.5, 0.6) is 5.75 Å². The van der Waals surface area contributed by atoms with Crippen LogP contribution in [-0.4, -0.2) is 30.3 Å². The Hall–Kier alpha value is -2.24. The maximum Gasteiger partial charge on any atom is 0.326 e. The van der Waals surface area contributed by atoms with Gasteiger partial charge in [-0.05, 0) is 36.6 Å². The first kappa shape index (κ1) is 16.8. The summed E-state index contributed by atoms with van der Waals surface area (Å²) < 4.78 is 5.14. The van der Waals surface area contributed by atoms with E-state index in [1.807, 2.05) is 13.8 Å². The average Bonchev–Trinajstić information content (AvgIpc) is 2.44. The predicted octanol–water partition coefficient (Wildman–Crippen LogP) is 2.62. The number of carboxylic acids is 1. The molecule has 0 fully saturated rings. The molecule has 0 aromatic heterocycles. The Morgan fingerprint density at radius 3 is 2.52 bits per heavy atom. The normalized spacial score (nSPS) is 13.1. The van der Waals surface area contributed by atoms with E-state index < -0.39 is 18.0 Å². The maximum absolute atomic E-state index is 11.9. The molecule has 0 spiro atoms. The minimum Gasteiger partial charge on any atom is -0.496 e. The van der Waals surface area contributed by atoms with Crippen LogP contribution in [0.3, 0.4) is 0 Å². The first-order valence-corrected chi connectivity index (χ1v) is 6.84. The van der Waals surface area contributed by atoms with Crippen LogP contribution in [0.4, 0.5) is 10.5 Å². The molecule has 6 heteroatoms. The number of aliphatic carboxylic acids is 1. The molecule has 0 saturated carbocycles. The third-order valence-corrected chi connectivity index (χ3v) is 3.42. The molecule has 0 radical (unpaired) electrons. The average molecular weight is 294 g/mol. The van der Waals surface area contributed by atoms with Crippen molar-refractivity contribution in [3.8, 4) is 5.75 Å². The number of rotatable bonds is 6. The van der Waals surface area contributed by atoms with Crippen molar-refractivity contribution in [1.29, 1.82) is 0 Å². The molecule has 0 bridgehead atoms. The zero-order valence-electron chi connectivity index (χ0n) is 12.8. The fourth-order valence-corrected chi connectivity index (χ4v) is 1.95. The van der Waals surface area contributed by atoms with Gasteiger partial charge in [-0.1, -0.05) is 20.3 Å². The highest BCUT2D eigenvalue weighted by atomic mass is 16.5. The van der Waals surface area contributed by atoms with E-state index in [1.165, 1.54) is 0 Å². The van der Waals surface area contributed by atoms with Gasteiger partial charge in [-0.15, -0.1) is 0 Å². The molecule has 116 valence electrons. The van der Waals surface area contributed by atoms with Crippen molar-refractivity contribution in [3.63, 3.8) is 0 Å². The molecule has 0 aliphatic carbocycles.